The minimum atomic E-state index is -0.329. The molecule has 2 nitrogen and oxygen atoms in total. The third-order valence-electron chi connectivity index (χ3n) is 4.81. The molecule has 1 aromatic carbocycles. The summed E-state index contributed by atoms with van der Waals surface area (Å²) in [6, 6.07) is 8.20. The molecule has 1 aromatic rings. The lowest BCUT2D eigenvalue weighted by molar-refractivity contribution is -0.125. The lowest BCUT2D eigenvalue weighted by Gasteiger charge is -2.22. The maximum Gasteiger partial charge on any atom is 0.141 e. The lowest BCUT2D eigenvalue weighted by Crippen LogP contribution is -2.23. The monoisotopic (exact) mass is 342 g/mol. The number of hydrogen-bond donors (Lipinski definition) is 0. The molecule has 2 heteroatoms. The zero-order valence-corrected chi connectivity index (χ0v) is 16.7. The van der Waals surface area contributed by atoms with Crippen molar-refractivity contribution in [3.63, 3.8) is 0 Å². The van der Waals surface area contributed by atoms with E-state index in [1.54, 1.807) is 0 Å². The van der Waals surface area contributed by atoms with Crippen LogP contribution in [0.1, 0.15) is 83.8 Å². The second-order valence-corrected chi connectivity index (χ2v) is 7.93. The van der Waals surface area contributed by atoms with Crippen LogP contribution in [0.25, 0.3) is 0 Å². The van der Waals surface area contributed by atoms with E-state index in [0.717, 1.165) is 24.7 Å². The number of allylic oxidation sites excluding steroid dienone is 2. The number of hydrogen-bond acceptors (Lipinski definition) is 2. The van der Waals surface area contributed by atoms with E-state index in [4.69, 9.17) is 0 Å². The molecule has 0 aliphatic heterocycles. The predicted octanol–water partition coefficient (Wildman–Crippen LogP) is 6.07. The van der Waals surface area contributed by atoms with Gasteiger partial charge in [0, 0.05) is 12.3 Å². The molecule has 1 rings (SSSR count). The summed E-state index contributed by atoms with van der Waals surface area (Å²) in [6.45, 7) is 12.5. The van der Waals surface area contributed by atoms with Gasteiger partial charge < -0.3 is 4.79 Å². The van der Waals surface area contributed by atoms with Gasteiger partial charge in [0.05, 0.1) is 5.92 Å². The molecule has 0 radical (unpaired) electrons. The standard InChI is InChI=1S/C23H34O2/c1-16(2)8-7-9-18(5)14-22(25)23(19(6)15-24)21-12-10-20(11-13-21)17(3)4/h8,10-13,15,17-19,23H,7,9,14H2,1-6H3. The molecular formula is C23H34O2. The van der Waals surface area contributed by atoms with Crippen molar-refractivity contribution >= 4 is 12.1 Å². The van der Waals surface area contributed by atoms with Gasteiger partial charge in [0.1, 0.15) is 12.1 Å². The molecule has 0 saturated heterocycles. The summed E-state index contributed by atoms with van der Waals surface area (Å²) in [5.74, 6) is 0.356. The molecule has 0 bridgehead atoms. The van der Waals surface area contributed by atoms with Crippen molar-refractivity contribution in [2.75, 3.05) is 0 Å². The molecule has 0 N–H and O–H groups in total. The molecule has 138 valence electrons. The molecule has 25 heavy (non-hydrogen) atoms. The average Bonchev–Trinajstić information content (AvgIpc) is 2.54. The molecule has 3 unspecified atom stereocenters. The van der Waals surface area contributed by atoms with E-state index < -0.39 is 0 Å². The van der Waals surface area contributed by atoms with Gasteiger partial charge in [-0.15, -0.1) is 0 Å². The van der Waals surface area contributed by atoms with Crippen molar-refractivity contribution in [3.8, 4) is 0 Å². The van der Waals surface area contributed by atoms with E-state index in [1.165, 1.54) is 11.1 Å². The van der Waals surface area contributed by atoms with E-state index >= 15 is 0 Å². The topological polar surface area (TPSA) is 34.1 Å². The first-order valence-electron chi connectivity index (χ1n) is 9.47. The van der Waals surface area contributed by atoms with Gasteiger partial charge in [0.15, 0.2) is 0 Å². The van der Waals surface area contributed by atoms with E-state index in [1.807, 2.05) is 19.1 Å². The fourth-order valence-corrected chi connectivity index (χ4v) is 3.18. The van der Waals surface area contributed by atoms with Crippen molar-refractivity contribution in [1.29, 1.82) is 0 Å². The Kier molecular flexibility index (Phi) is 8.82. The normalized spacial score (nSPS) is 14.7. The third kappa shape index (κ3) is 6.97. The van der Waals surface area contributed by atoms with Crippen LogP contribution in [0.2, 0.25) is 0 Å². The number of aldehydes is 1. The number of Topliss-reactive ketones (excluding diaryl/α,β-unsaturated/α-hetero) is 1. The number of carbonyl (C=O) groups excluding carboxylic acids is 2. The smallest absolute Gasteiger partial charge is 0.141 e. The van der Waals surface area contributed by atoms with Gasteiger partial charge in [0.25, 0.3) is 0 Å². The van der Waals surface area contributed by atoms with Crippen molar-refractivity contribution in [2.24, 2.45) is 11.8 Å². The zero-order chi connectivity index (χ0) is 19.0. The first-order chi connectivity index (χ1) is 11.8. The van der Waals surface area contributed by atoms with Crippen LogP contribution in [-0.4, -0.2) is 12.1 Å². The Bertz CT molecular complexity index is 577. The van der Waals surface area contributed by atoms with Crippen LogP contribution in [0.4, 0.5) is 0 Å². The molecule has 0 aliphatic carbocycles. The summed E-state index contributed by atoms with van der Waals surface area (Å²) in [4.78, 5) is 24.3. The number of ketones is 1. The minimum Gasteiger partial charge on any atom is -0.303 e. The molecule has 0 saturated carbocycles. The Morgan fingerprint density at radius 3 is 2.04 bits per heavy atom. The lowest BCUT2D eigenvalue weighted by atomic mass is 9.80. The molecule has 0 heterocycles. The quantitative estimate of drug-likeness (QED) is 0.382. The van der Waals surface area contributed by atoms with E-state index in [9.17, 15) is 9.59 Å². The molecule has 0 spiro atoms. The van der Waals surface area contributed by atoms with Crippen molar-refractivity contribution < 1.29 is 9.59 Å². The second kappa shape index (κ2) is 10.3. The first kappa shape index (κ1) is 21.3. The van der Waals surface area contributed by atoms with Crippen LogP contribution in [0, 0.1) is 11.8 Å². The summed E-state index contributed by atoms with van der Waals surface area (Å²) in [7, 11) is 0. The summed E-state index contributed by atoms with van der Waals surface area (Å²) in [5, 5.41) is 0. The molecular weight excluding hydrogens is 308 g/mol. The molecule has 0 aliphatic rings. The van der Waals surface area contributed by atoms with Gasteiger partial charge in [-0.1, -0.05) is 63.6 Å². The highest BCUT2D eigenvalue weighted by molar-refractivity contribution is 5.88. The second-order valence-electron chi connectivity index (χ2n) is 7.93. The van der Waals surface area contributed by atoms with Gasteiger partial charge in [-0.25, -0.2) is 0 Å². The first-order valence-corrected chi connectivity index (χ1v) is 9.47. The van der Waals surface area contributed by atoms with Gasteiger partial charge in [-0.3, -0.25) is 4.79 Å². The van der Waals surface area contributed by atoms with Crippen molar-refractivity contribution in [2.45, 2.75) is 72.6 Å². The van der Waals surface area contributed by atoms with Crippen LogP contribution in [0.15, 0.2) is 35.9 Å². The van der Waals surface area contributed by atoms with Crippen LogP contribution < -0.4 is 0 Å². The van der Waals surface area contributed by atoms with Crippen molar-refractivity contribution in [3.05, 3.63) is 47.0 Å². The number of benzene rings is 1. The SMILES string of the molecule is CC(C)=CCCC(C)CC(=O)C(c1ccc(C(C)C)cc1)C(C)C=O. The van der Waals surface area contributed by atoms with Gasteiger partial charge in [-0.05, 0) is 49.7 Å². The van der Waals surface area contributed by atoms with Crippen LogP contribution >= 0.6 is 0 Å². The Hall–Kier alpha value is -1.70. The highest BCUT2D eigenvalue weighted by Gasteiger charge is 2.27. The van der Waals surface area contributed by atoms with E-state index in [2.05, 4.69) is 52.8 Å². The average molecular weight is 343 g/mol. The maximum atomic E-state index is 12.9. The Morgan fingerprint density at radius 2 is 1.56 bits per heavy atom. The molecule has 3 atom stereocenters. The third-order valence-corrected chi connectivity index (χ3v) is 4.81. The fourth-order valence-electron chi connectivity index (χ4n) is 3.18. The predicted molar refractivity (Wildman–Crippen MR) is 106 cm³/mol. The molecule has 0 amide bonds. The van der Waals surface area contributed by atoms with E-state index in [-0.39, 0.29) is 17.6 Å². The Balaban J connectivity index is 2.85. The molecule has 0 fully saturated rings. The van der Waals surface area contributed by atoms with Crippen LogP contribution in [0.3, 0.4) is 0 Å². The fraction of sp³-hybridized carbons (Fsp3) is 0.565. The highest BCUT2D eigenvalue weighted by Crippen LogP contribution is 2.29. The van der Waals surface area contributed by atoms with Gasteiger partial charge in [-0.2, -0.15) is 0 Å². The minimum absolute atomic E-state index is 0.182. The van der Waals surface area contributed by atoms with E-state index in [0.29, 0.717) is 18.3 Å². The van der Waals surface area contributed by atoms with Gasteiger partial charge in [0.2, 0.25) is 0 Å². The highest BCUT2D eigenvalue weighted by atomic mass is 16.1. The summed E-state index contributed by atoms with van der Waals surface area (Å²) >= 11 is 0. The largest absolute Gasteiger partial charge is 0.303 e. The van der Waals surface area contributed by atoms with Crippen LogP contribution in [0.5, 0.6) is 0 Å². The molecule has 0 aromatic heterocycles. The summed E-state index contributed by atoms with van der Waals surface area (Å²) in [6.07, 6.45) is 5.68. The summed E-state index contributed by atoms with van der Waals surface area (Å²) in [5.41, 5.74) is 3.53. The zero-order valence-electron chi connectivity index (χ0n) is 16.7. The summed E-state index contributed by atoms with van der Waals surface area (Å²) < 4.78 is 0. The van der Waals surface area contributed by atoms with Crippen molar-refractivity contribution in [1.82, 2.24) is 0 Å². The van der Waals surface area contributed by atoms with Gasteiger partial charge >= 0.3 is 0 Å². The Labute approximate surface area is 153 Å². The Morgan fingerprint density at radius 1 is 1.00 bits per heavy atom. The van der Waals surface area contributed by atoms with Crippen LogP contribution in [-0.2, 0) is 9.59 Å². The number of carbonyl (C=O) groups is 2. The number of rotatable bonds is 10. The maximum absolute atomic E-state index is 12.9.